The average molecular weight is 339 g/mol. The number of benzene rings is 2. The number of aromatic amines is 1. The van der Waals surface area contributed by atoms with Crippen molar-refractivity contribution in [3.8, 4) is 5.75 Å². The van der Waals surface area contributed by atoms with Crippen LogP contribution in [0.2, 0.25) is 0 Å². The van der Waals surface area contributed by atoms with Crippen LogP contribution in [0.3, 0.4) is 0 Å². The highest BCUT2D eigenvalue weighted by Crippen LogP contribution is 2.39. The number of aliphatic carboxylic acids is 1. The zero-order valence-corrected chi connectivity index (χ0v) is 13.7. The summed E-state index contributed by atoms with van der Waals surface area (Å²) in [6, 6.07) is 11.0. The summed E-state index contributed by atoms with van der Waals surface area (Å²) in [7, 11) is 0. The number of H-pyrrole nitrogens is 1. The lowest BCUT2D eigenvalue weighted by molar-refractivity contribution is -0.141. The highest BCUT2D eigenvalue weighted by molar-refractivity contribution is 6.08. The normalized spacial score (nSPS) is 13.5. The van der Waals surface area contributed by atoms with E-state index in [1.807, 2.05) is 0 Å². The van der Waals surface area contributed by atoms with Crippen LogP contribution in [0.15, 0.2) is 42.5 Å². The molecule has 1 aromatic heterocycles. The second-order valence-electron chi connectivity index (χ2n) is 6.14. The number of rotatable bonds is 4. The first-order valence-corrected chi connectivity index (χ1v) is 7.64. The molecule has 128 valence electrons. The first-order chi connectivity index (χ1) is 11.8. The summed E-state index contributed by atoms with van der Waals surface area (Å²) in [6.07, 6.45) is 0. The molecule has 0 bridgehead atoms. The second-order valence-corrected chi connectivity index (χ2v) is 6.14. The van der Waals surface area contributed by atoms with Crippen molar-refractivity contribution in [3.63, 3.8) is 0 Å². The number of phenols is 1. The number of aryl methyl sites for hydroxylation is 1. The van der Waals surface area contributed by atoms with Crippen LogP contribution < -0.4 is 0 Å². The molecular formula is C19H17NO5. The van der Waals surface area contributed by atoms with Gasteiger partial charge >= 0.3 is 11.9 Å². The highest BCUT2D eigenvalue weighted by Gasteiger charge is 2.40. The van der Waals surface area contributed by atoms with E-state index in [4.69, 9.17) is 0 Å². The maximum absolute atomic E-state index is 12.2. The average Bonchev–Trinajstić information content (AvgIpc) is 2.89. The summed E-state index contributed by atoms with van der Waals surface area (Å²) < 4.78 is 0. The lowest BCUT2D eigenvalue weighted by Crippen LogP contribution is -2.34. The molecule has 0 saturated carbocycles. The molecule has 0 radical (unpaired) electrons. The molecule has 0 spiro atoms. The fraction of sp³-hybridized carbons (Fsp3) is 0.158. The predicted molar refractivity (Wildman–Crippen MR) is 92.2 cm³/mol. The fourth-order valence-corrected chi connectivity index (χ4v) is 3.27. The van der Waals surface area contributed by atoms with E-state index in [1.165, 1.54) is 19.1 Å². The lowest BCUT2D eigenvalue weighted by Gasteiger charge is -2.27. The number of nitrogens with one attached hydrogen (secondary N) is 1. The Kier molecular flexibility index (Phi) is 3.75. The predicted octanol–water partition coefficient (Wildman–Crippen LogP) is 3.27. The van der Waals surface area contributed by atoms with Gasteiger partial charge in [-0.2, -0.15) is 0 Å². The van der Waals surface area contributed by atoms with E-state index in [1.54, 1.807) is 37.3 Å². The van der Waals surface area contributed by atoms with Crippen molar-refractivity contribution in [2.24, 2.45) is 0 Å². The van der Waals surface area contributed by atoms with Crippen LogP contribution in [0.5, 0.6) is 5.75 Å². The Morgan fingerprint density at radius 2 is 1.76 bits per heavy atom. The first-order valence-electron chi connectivity index (χ1n) is 7.64. The van der Waals surface area contributed by atoms with Gasteiger partial charge in [0, 0.05) is 16.6 Å². The molecule has 0 saturated heterocycles. The molecule has 1 unspecified atom stereocenters. The zero-order valence-electron chi connectivity index (χ0n) is 13.7. The number of hydrogen-bond acceptors (Lipinski definition) is 3. The van der Waals surface area contributed by atoms with Crippen molar-refractivity contribution in [2.75, 3.05) is 0 Å². The van der Waals surface area contributed by atoms with E-state index in [2.05, 4.69) is 4.98 Å². The van der Waals surface area contributed by atoms with Crippen LogP contribution in [-0.2, 0) is 10.2 Å². The van der Waals surface area contributed by atoms with Crippen molar-refractivity contribution in [1.82, 2.24) is 4.98 Å². The van der Waals surface area contributed by atoms with Gasteiger partial charge in [-0.3, -0.25) is 4.79 Å². The Bertz CT molecular complexity index is 1000. The number of aromatic carboxylic acids is 1. The number of carboxylic acids is 2. The maximum Gasteiger partial charge on any atom is 0.338 e. The van der Waals surface area contributed by atoms with Gasteiger partial charge in [-0.15, -0.1) is 0 Å². The van der Waals surface area contributed by atoms with Gasteiger partial charge in [-0.1, -0.05) is 24.3 Å². The summed E-state index contributed by atoms with van der Waals surface area (Å²) >= 11 is 0. The summed E-state index contributed by atoms with van der Waals surface area (Å²) in [5.74, 6) is -2.32. The Labute approximate surface area is 143 Å². The smallest absolute Gasteiger partial charge is 0.338 e. The SMILES string of the molecule is Cc1[nH]c2cccc(C(C)(C(=O)O)c3cccc(O)c3)c2c1C(=O)O. The van der Waals surface area contributed by atoms with Crippen LogP contribution in [0.4, 0.5) is 0 Å². The van der Waals surface area contributed by atoms with Gasteiger partial charge in [0.2, 0.25) is 0 Å². The second kappa shape index (κ2) is 5.66. The number of hydrogen-bond donors (Lipinski definition) is 4. The van der Waals surface area contributed by atoms with E-state index in [-0.39, 0.29) is 11.3 Å². The third-order valence-electron chi connectivity index (χ3n) is 4.62. The summed E-state index contributed by atoms with van der Waals surface area (Å²) in [6.45, 7) is 3.15. The number of phenolic OH excluding ortho intramolecular Hbond substituents is 1. The van der Waals surface area contributed by atoms with Crippen molar-refractivity contribution in [2.45, 2.75) is 19.3 Å². The van der Waals surface area contributed by atoms with E-state index >= 15 is 0 Å². The minimum absolute atomic E-state index is 0.0539. The van der Waals surface area contributed by atoms with Crippen molar-refractivity contribution >= 4 is 22.8 Å². The molecule has 0 amide bonds. The molecule has 0 aliphatic carbocycles. The zero-order chi connectivity index (χ0) is 18.4. The standard InChI is InChI=1S/C19H17NO5/c1-10-15(17(22)23)16-13(7-4-8-14(16)20-10)19(2,18(24)25)11-5-3-6-12(21)9-11/h3-9,20-21H,1-2H3,(H,22,23)(H,24,25). The van der Waals surface area contributed by atoms with Crippen molar-refractivity contribution in [3.05, 3.63) is 64.8 Å². The molecule has 0 aliphatic heterocycles. The number of carboxylic acid groups (broad SMARTS) is 2. The van der Waals surface area contributed by atoms with E-state index in [0.717, 1.165) is 0 Å². The monoisotopic (exact) mass is 339 g/mol. The summed E-state index contributed by atoms with van der Waals surface area (Å²) in [5, 5.41) is 29.7. The minimum Gasteiger partial charge on any atom is -0.508 e. The van der Waals surface area contributed by atoms with Crippen LogP contribution >= 0.6 is 0 Å². The van der Waals surface area contributed by atoms with E-state index in [9.17, 15) is 24.9 Å². The summed E-state index contributed by atoms with van der Waals surface area (Å²) in [4.78, 5) is 27.0. The van der Waals surface area contributed by atoms with Crippen LogP contribution in [-0.4, -0.2) is 32.2 Å². The lowest BCUT2D eigenvalue weighted by atomic mass is 9.74. The molecule has 0 fully saturated rings. The van der Waals surface area contributed by atoms with Gasteiger partial charge in [-0.05, 0) is 43.2 Å². The number of aromatic nitrogens is 1. The molecule has 2 aromatic carbocycles. The molecule has 0 aliphatic rings. The van der Waals surface area contributed by atoms with E-state index < -0.39 is 17.4 Å². The van der Waals surface area contributed by atoms with Gasteiger partial charge in [0.1, 0.15) is 11.2 Å². The molecular weight excluding hydrogens is 322 g/mol. The van der Waals surface area contributed by atoms with Gasteiger partial charge in [0.15, 0.2) is 0 Å². The topological polar surface area (TPSA) is 111 Å². The molecule has 3 aromatic rings. The quantitative estimate of drug-likeness (QED) is 0.583. The fourth-order valence-electron chi connectivity index (χ4n) is 3.27. The summed E-state index contributed by atoms with van der Waals surface area (Å²) in [5.41, 5.74) is 0.251. The number of aromatic hydroxyl groups is 1. The Balaban J connectivity index is 2.43. The van der Waals surface area contributed by atoms with Gasteiger partial charge in [-0.25, -0.2) is 4.79 Å². The van der Waals surface area contributed by atoms with Crippen molar-refractivity contribution < 1.29 is 24.9 Å². The molecule has 3 rings (SSSR count). The van der Waals surface area contributed by atoms with Crippen LogP contribution in [0, 0.1) is 6.92 Å². The largest absolute Gasteiger partial charge is 0.508 e. The maximum atomic E-state index is 12.2. The molecule has 25 heavy (non-hydrogen) atoms. The third kappa shape index (κ3) is 2.42. The first kappa shape index (κ1) is 16.6. The van der Waals surface area contributed by atoms with E-state index in [0.29, 0.717) is 27.7 Å². The minimum atomic E-state index is -1.53. The van der Waals surface area contributed by atoms with Crippen LogP contribution in [0.25, 0.3) is 10.9 Å². The van der Waals surface area contributed by atoms with Crippen LogP contribution in [0.1, 0.15) is 34.1 Å². The third-order valence-corrected chi connectivity index (χ3v) is 4.62. The van der Waals surface area contributed by atoms with Crippen molar-refractivity contribution in [1.29, 1.82) is 0 Å². The Hall–Kier alpha value is -3.28. The van der Waals surface area contributed by atoms with Gasteiger partial charge in [0.25, 0.3) is 0 Å². The molecule has 6 nitrogen and oxygen atoms in total. The Morgan fingerprint density at radius 3 is 2.36 bits per heavy atom. The number of fused-ring (bicyclic) bond motifs is 1. The number of carbonyl (C=O) groups is 2. The Morgan fingerprint density at radius 1 is 1.08 bits per heavy atom. The highest BCUT2D eigenvalue weighted by atomic mass is 16.4. The molecule has 4 N–H and O–H groups in total. The molecule has 1 atom stereocenters. The molecule has 1 heterocycles. The van der Waals surface area contributed by atoms with Gasteiger partial charge in [0.05, 0.1) is 5.56 Å². The van der Waals surface area contributed by atoms with Gasteiger partial charge < -0.3 is 20.3 Å². The molecule has 6 heteroatoms.